The molecule has 2 heteroatoms. The van der Waals surface area contributed by atoms with Crippen molar-refractivity contribution < 1.29 is 0 Å². The van der Waals surface area contributed by atoms with Crippen LogP contribution < -0.4 is 5.32 Å². The van der Waals surface area contributed by atoms with E-state index in [0.29, 0.717) is 11.6 Å². The zero-order valence-corrected chi connectivity index (χ0v) is 11.1. The summed E-state index contributed by atoms with van der Waals surface area (Å²) in [7, 11) is 0. The Kier molecular flexibility index (Phi) is 4.60. The highest BCUT2D eigenvalue weighted by Gasteiger charge is 2.25. The molecular weight excluding hydrogens is 184 g/mol. The monoisotopic (exact) mass is 212 g/mol. The van der Waals surface area contributed by atoms with E-state index in [9.17, 15) is 0 Å². The molecule has 1 unspecified atom stereocenters. The van der Waals surface area contributed by atoms with E-state index >= 15 is 0 Å². The van der Waals surface area contributed by atoms with Gasteiger partial charge in [-0.15, -0.1) is 0 Å². The highest BCUT2D eigenvalue weighted by atomic mass is 15.2. The third-order valence-electron chi connectivity index (χ3n) is 3.80. The van der Waals surface area contributed by atoms with Crippen LogP contribution in [0.2, 0.25) is 0 Å². The summed E-state index contributed by atoms with van der Waals surface area (Å²) in [5, 5.41) is 3.68. The first-order valence-electron chi connectivity index (χ1n) is 6.43. The summed E-state index contributed by atoms with van der Waals surface area (Å²) in [6, 6.07) is 0.717. The third-order valence-corrected chi connectivity index (χ3v) is 3.80. The Balaban J connectivity index is 2.25. The van der Waals surface area contributed by atoms with E-state index in [0.717, 1.165) is 5.92 Å². The summed E-state index contributed by atoms with van der Waals surface area (Å²) in [6.45, 7) is 15.2. The Bertz CT molecular complexity index is 187. The highest BCUT2D eigenvalue weighted by Crippen LogP contribution is 2.19. The van der Waals surface area contributed by atoms with Gasteiger partial charge in [0.05, 0.1) is 0 Å². The molecule has 2 nitrogen and oxygen atoms in total. The Morgan fingerprint density at radius 2 is 2.07 bits per heavy atom. The van der Waals surface area contributed by atoms with Gasteiger partial charge in [-0.3, -0.25) is 0 Å². The van der Waals surface area contributed by atoms with Crippen LogP contribution in [0.1, 0.15) is 47.5 Å². The fourth-order valence-electron chi connectivity index (χ4n) is 2.04. The van der Waals surface area contributed by atoms with E-state index in [1.54, 1.807) is 0 Å². The first-order valence-corrected chi connectivity index (χ1v) is 6.43. The van der Waals surface area contributed by atoms with Gasteiger partial charge in [-0.25, -0.2) is 0 Å². The fourth-order valence-corrected chi connectivity index (χ4v) is 2.04. The van der Waals surface area contributed by atoms with Crippen LogP contribution in [0.4, 0.5) is 0 Å². The molecule has 0 aromatic carbocycles. The van der Waals surface area contributed by atoms with Gasteiger partial charge in [0.2, 0.25) is 0 Å². The van der Waals surface area contributed by atoms with Crippen LogP contribution in [0, 0.1) is 5.92 Å². The van der Waals surface area contributed by atoms with Crippen LogP contribution in [-0.4, -0.2) is 36.1 Å². The molecule has 1 N–H and O–H groups in total. The molecular formula is C13H28N2. The molecule has 0 saturated carbocycles. The van der Waals surface area contributed by atoms with Crippen molar-refractivity contribution >= 4 is 0 Å². The molecule has 1 aliphatic heterocycles. The number of hydrogen-bond donors (Lipinski definition) is 1. The van der Waals surface area contributed by atoms with Crippen LogP contribution in [-0.2, 0) is 0 Å². The zero-order valence-electron chi connectivity index (χ0n) is 11.1. The lowest BCUT2D eigenvalue weighted by atomic mass is 10.00. The van der Waals surface area contributed by atoms with Crippen molar-refractivity contribution in [3.63, 3.8) is 0 Å². The topological polar surface area (TPSA) is 15.3 Å². The Morgan fingerprint density at radius 3 is 2.53 bits per heavy atom. The van der Waals surface area contributed by atoms with Crippen molar-refractivity contribution in [2.24, 2.45) is 5.92 Å². The minimum Gasteiger partial charge on any atom is -0.311 e. The summed E-state index contributed by atoms with van der Waals surface area (Å²) in [5.74, 6) is 0.859. The van der Waals surface area contributed by atoms with Crippen LogP contribution in [0.15, 0.2) is 0 Å². The van der Waals surface area contributed by atoms with Gasteiger partial charge in [-0.1, -0.05) is 6.92 Å². The molecule has 0 aromatic heterocycles. The molecule has 0 aliphatic carbocycles. The molecule has 1 atom stereocenters. The SMILES string of the molecule is CCC(C)(C)NCC1CCN(C(C)C)C1. The first kappa shape index (κ1) is 13.0. The number of nitrogens with zero attached hydrogens (tertiary/aromatic N) is 1. The summed E-state index contributed by atoms with van der Waals surface area (Å²) in [4.78, 5) is 2.59. The van der Waals surface area contributed by atoms with Crippen molar-refractivity contribution in [1.29, 1.82) is 0 Å². The van der Waals surface area contributed by atoms with Crippen molar-refractivity contribution in [1.82, 2.24) is 10.2 Å². The largest absolute Gasteiger partial charge is 0.311 e. The van der Waals surface area contributed by atoms with Crippen molar-refractivity contribution in [3.8, 4) is 0 Å². The van der Waals surface area contributed by atoms with Crippen LogP contribution in [0.25, 0.3) is 0 Å². The molecule has 1 saturated heterocycles. The van der Waals surface area contributed by atoms with Gasteiger partial charge in [0.15, 0.2) is 0 Å². The van der Waals surface area contributed by atoms with Gasteiger partial charge in [-0.05, 0) is 59.5 Å². The molecule has 1 aliphatic rings. The maximum atomic E-state index is 3.68. The molecule has 1 fully saturated rings. The second-order valence-electron chi connectivity index (χ2n) is 5.86. The fraction of sp³-hybridized carbons (Fsp3) is 1.00. The lowest BCUT2D eigenvalue weighted by molar-refractivity contribution is 0.258. The molecule has 1 heterocycles. The molecule has 0 radical (unpaired) electrons. The smallest absolute Gasteiger partial charge is 0.0122 e. The molecule has 0 aromatic rings. The summed E-state index contributed by atoms with van der Waals surface area (Å²) >= 11 is 0. The molecule has 15 heavy (non-hydrogen) atoms. The predicted octanol–water partition coefficient (Wildman–Crippen LogP) is 2.49. The quantitative estimate of drug-likeness (QED) is 0.753. The molecule has 1 rings (SSSR count). The Hall–Kier alpha value is -0.0800. The van der Waals surface area contributed by atoms with Crippen LogP contribution in [0.3, 0.4) is 0 Å². The molecule has 0 bridgehead atoms. The second-order valence-corrected chi connectivity index (χ2v) is 5.86. The molecule has 90 valence electrons. The number of rotatable bonds is 5. The van der Waals surface area contributed by atoms with E-state index < -0.39 is 0 Å². The van der Waals surface area contributed by atoms with E-state index in [1.807, 2.05) is 0 Å². The lowest BCUT2D eigenvalue weighted by Crippen LogP contribution is -2.42. The third kappa shape index (κ3) is 4.12. The van der Waals surface area contributed by atoms with Crippen LogP contribution >= 0.6 is 0 Å². The Morgan fingerprint density at radius 1 is 1.40 bits per heavy atom. The summed E-state index contributed by atoms with van der Waals surface area (Å²) in [5.41, 5.74) is 0.311. The van der Waals surface area contributed by atoms with E-state index in [4.69, 9.17) is 0 Å². The second kappa shape index (κ2) is 5.31. The van der Waals surface area contributed by atoms with Gasteiger partial charge in [0.1, 0.15) is 0 Å². The van der Waals surface area contributed by atoms with Crippen molar-refractivity contribution in [2.45, 2.75) is 59.0 Å². The highest BCUT2D eigenvalue weighted by molar-refractivity contribution is 4.83. The van der Waals surface area contributed by atoms with E-state index in [1.165, 1.54) is 32.5 Å². The first-order chi connectivity index (χ1) is 6.94. The minimum absolute atomic E-state index is 0.311. The van der Waals surface area contributed by atoms with E-state index in [2.05, 4.69) is 44.8 Å². The van der Waals surface area contributed by atoms with Crippen molar-refractivity contribution in [2.75, 3.05) is 19.6 Å². The van der Waals surface area contributed by atoms with Crippen molar-refractivity contribution in [3.05, 3.63) is 0 Å². The van der Waals surface area contributed by atoms with Gasteiger partial charge in [0.25, 0.3) is 0 Å². The maximum Gasteiger partial charge on any atom is 0.0122 e. The average Bonchev–Trinajstić information content (AvgIpc) is 2.63. The van der Waals surface area contributed by atoms with Gasteiger partial charge in [0, 0.05) is 18.1 Å². The van der Waals surface area contributed by atoms with Gasteiger partial charge in [-0.2, -0.15) is 0 Å². The van der Waals surface area contributed by atoms with Crippen LogP contribution in [0.5, 0.6) is 0 Å². The van der Waals surface area contributed by atoms with Gasteiger partial charge >= 0.3 is 0 Å². The predicted molar refractivity (Wildman–Crippen MR) is 67.2 cm³/mol. The number of hydrogen-bond acceptors (Lipinski definition) is 2. The summed E-state index contributed by atoms with van der Waals surface area (Å²) in [6.07, 6.45) is 2.57. The Labute approximate surface area is 95.4 Å². The lowest BCUT2D eigenvalue weighted by Gasteiger charge is -2.27. The number of likely N-dealkylation sites (tertiary alicyclic amines) is 1. The molecule has 0 amide bonds. The van der Waals surface area contributed by atoms with E-state index in [-0.39, 0.29) is 0 Å². The maximum absolute atomic E-state index is 3.68. The zero-order chi connectivity index (χ0) is 11.5. The number of nitrogens with one attached hydrogen (secondary N) is 1. The summed E-state index contributed by atoms with van der Waals surface area (Å²) < 4.78 is 0. The standard InChI is InChI=1S/C13H28N2/c1-6-13(4,5)14-9-12-7-8-15(10-12)11(2)3/h11-12,14H,6-10H2,1-5H3. The normalized spacial score (nSPS) is 24.0. The molecule has 0 spiro atoms. The minimum atomic E-state index is 0.311. The average molecular weight is 212 g/mol. The van der Waals surface area contributed by atoms with Gasteiger partial charge < -0.3 is 10.2 Å².